The lowest BCUT2D eigenvalue weighted by Gasteiger charge is -2.27. The van der Waals surface area contributed by atoms with Gasteiger partial charge < -0.3 is 18.8 Å². The Morgan fingerprint density at radius 3 is 2.30 bits per heavy atom. The molecule has 3 rings (SSSR count). The SMILES string of the molecule is COc1ccc(-c2nnc(C(C)(C)Oc3c(F)cc(C#N)cc3OC)n2C)c(C(F)(F)F)c1. The summed E-state index contributed by atoms with van der Waals surface area (Å²) >= 11 is 0. The maximum absolute atomic E-state index is 14.6. The van der Waals surface area contributed by atoms with Crippen molar-refractivity contribution in [3.05, 3.63) is 53.1 Å². The number of alkyl halides is 3. The summed E-state index contributed by atoms with van der Waals surface area (Å²) in [5.74, 6) is -1.02. The van der Waals surface area contributed by atoms with E-state index in [4.69, 9.17) is 19.5 Å². The highest BCUT2D eigenvalue weighted by atomic mass is 19.4. The molecule has 0 saturated carbocycles. The smallest absolute Gasteiger partial charge is 0.417 e. The predicted octanol–water partition coefficient (Wildman–Crippen LogP) is 4.84. The average Bonchev–Trinajstić information content (AvgIpc) is 3.15. The van der Waals surface area contributed by atoms with Crippen LogP contribution in [-0.4, -0.2) is 29.0 Å². The van der Waals surface area contributed by atoms with Gasteiger partial charge in [-0.25, -0.2) is 4.39 Å². The molecule has 0 saturated heterocycles. The van der Waals surface area contributed by atoms with Gasteiger partial charge in [-0.05, 0) is 38.1 Å². The second kappa shape index (κ2) is 8.61. The zero-order valence-corrected chi connectivity index (χ0v) is 18.4. The van der Waals surface area contributed by atoms with E-state index in [1.54, 1.807) is 13.8 Å². The molecule has 0 spiro atoms. The summed E-state index contributed by atoms with van der Waals surface area (Å²) in [5.41, 5.74) is -2.45. The second-order valence-corrected chi connectivity index (χ2v) is 7.53. The van der Waals surface area contributed by atoms with Crippen molar-refractivity contribution in [2.24, 2.45) is 7.05 Å². The van der Waals surface area contributed by atoms with Gasteiger partial charge in [0.25, 0.3) is 0 Å². The van der Waals surface area contributed by atoms with Crippen molar-refractivity contribution >= 4 is 0 Å². The molecule has 0 N–H and O–H groups in total. The summed E-state index contributed by atoms with van der Waals surface area (Å²) in [6.07, 6.45) is -4.67. The Hall–Kier alpha value is -3.81. The molecule has 33 heavy (non-hydrogen) atoms. The molecular weight excluding hydrogens is 444 g/mol. The quantitative estimate of drug-likeness (QED) is 0.486. The lowest BCUT2D eigenvalue weighted by Crippen LogP contribution is -2.30. The average molecular weight is 464 g/mol. The lowest BCUT2D eigenvalue weighted by molar-refractivity contribution is -0.137. The molecule has 174 valence electrons. The summed E-state index contributed by atoms with van der Waals surface area (Å²) in [4.78, 5) is 0. The summed E-state index contributed by atoms with van der Waals surface area (Å²) in [6, 6.07) is 7.62. The minimum atomic E-state index is -4.67. The molecule has 0 unspecified atom stereocenters. The fourth-order valence-corrected chi connectivity index (χ4v) is 3.35. The standard InChI is InChI=1S/C22H20F4N4O3/c1-21(2,33-18-16(23)8-12(11-27)9-17(18)32-5)20-29-28-19(30(20)3)14-7-6-13(31-4)10-15(14)22(24,25)26/h6-10H,1-5H3. The Labute approximate surface area is 187 Å². The van der Waals surface area contributed by atoms with Crippen molar-refractivity contribution in [2.75, 3.05) is 14.2 Å². The monoisotopic (exact) mass is 464 g/mol. The Kier molecular flexibility index (Phi) is 6.22. The molecule has 0 radical (unpaired) electrons. The van der Waals surface area contributed by atoms with Crippen LogP contribution >= 0.6 is 0 Å². The number of nitriles is 1. The Morgan fingerprint density at radius 2 is 1.73 bits per heavy atom. The minimum absolute atomic E-state index is 0.0171. The van der Waals surface area contributed by atoms with Gasteiger partial charge in [-0.3, -0.25) is 0 Å². The van der Waals surface area contributed by atoms with Crippen molar-refractivity contribution in [3.8, 4) is 34.7 Å². The van der Waals surface area contributed by atoms with Gasteiger partial charge in [-0.1, -0.05) is 0 Å². The van der Waals surface area contributed by atoms with Gasteiger partial charge in [0, 0.05) is 18.7 Å². The van der Waals surface area contributed by atoms with E-state index in [0.29, 0.717) is 0 Å². The van der Waals surface area contributed by atoms with Crippen LogP contribution in [0, 0.1) is 17.1 Å². The number of hydrogen-bond acceptors (Lipinski definition) is 6. The third-order valence-electron chi connectivity index (χ3n) is 4.90. The molecule has 3 aromatic rings. The van der Waals surface area contributed by atoms with Crippen molar-refractivity contribution < 1.29 is 31.8 Å². The Balaban J connectivity index is 2.07. The molecule has 0 bridgehead atoms. The van der Waals surface area contributed by atoms with Crippen molar-refractivity contribution in [2.45, 2.75) is 25.6 Å². The molecule has 0 aliphatic rings. The van der Waals surface area contributed by atoms with Crippen LogP contribution in [0.4, 0.5) is 17.6 Å². The molecule has 0 aliphatic carbocycles. The van der Waals surface area contributed by atoms with Crippen LogP contribution in [0.25, 0.3) is 11.4 Å². The van der Waals surface area contributed by atoms with Crippen LogP contribution in [0.2, 0.25) is 0 Å². The molecule has 0 aliphatic heterocycles. The summed E-state index contributed by atoms with van der Waals surface area (Å²) in [6.45, 7) is 3.10. The summed E-state index contributed by atoms with van der Waals surface area (Å²) < 4.78 is 72.9. The third-order valence-corrected chi connectivity index (χ3v) is 4.90. The van der Waals surface area contributed by atoms with Crippen LogP contribution in [0.3, 0.4) is 0 Å². The number of benzene rings is 2. The maximum Gasteiger partial charge on any atom is 0.417 e. The third kappa shape index (κ3) is 4.55. The van der Waals surface area contributed by atoms with E-state index >= 15 is 0 Å². The van der Waals surface area contributed by atoms with Gasteiger partial charge in [0.05, 0.1) is 31.4 Å². The van der Waals surface area contributed by atoms with Crippen molar-refractivity contribution in [3.63, 3.8) is 0 Å². The number of aromatic nitrogens is 3. The number of halogens is 4. The summed E-state index contributed by atoms with van der Waals surface area (Å²) in [5, 5.41) is 17.0. The lowest BCUT2D eigenvalue weighted by atomic mass is 10.0. The van der Waals surface area contributed by atoms with Gasteiger partial charge in [0.2, 0.25) is 0 Å². The van der Waals surface area contributed by atoms with Crippen LogP contribution < -0.4 is 14.2 Å². The number of ether oxygens (including phenoxy) is 3. The highest BCUT2D eigenvalue weighted by Gasteiger charge is 2.37. The van der Waals surface area contributed by atoms with E-state index in [2.05, 4.69) is 10.2 Å². The normalized spacial score (nSPS) is 11.8. The molecule has 2 aromatic carbocycles. The summed E-state index contributed by atoms with van der Waals surface area (Å²) in [7, 11) is 4.04. The second-order valence-electron chi connectivity index (χ2n) is 7.53. The first-order valence-electron chi connectivity index (χ1n) is 9.55. The highest BCUT2D eigenvalue weighted by Crippen LogP contribution is 2.40. The van der Waals surface area contributed by atoms with Crippen LogP contribution in [0.15, 0.2) is 30.3 Å². The molecule has 1 aromatic heterocycles. The fraction of sp³-hybridized carbons (Fsp3) is 0.318. The Bertz CT molecular complexity index is 1230. The van der Waals surface area contributed by atoms with E-state index in [1.807, 2.05) is 6.07 Å². The van der Waals surface area contributed by atoms with Crippen molar-refractivity contribution in [1.29, 1.82) is 5.26 Å². The van der Waals surface area contributed by atoms with Crippen LogP contribution in [0.1, 0.15) is 30.8 Å². The van der Waals surface area contributed by atoms with Crippen LogP contribution in [0.5, 0.6) is 17.2 Å². The fourth-order valence-electron chi connectivity index (χ4n) is 3.35. The van der Waals surface area contributed by atoms with E-state index in [0.717, 1.165) is 12.1 Å². The van der Waals surface area contributed by atoms with Gasteiger partial charge in [0.15, 0.2) is 34.6 Å². The molecule has 0 amide bonds. The first kappa shape index (κ1) is 23.8. The van der Waals surface area contributed by atoms with Crippen molar-refractivity contribution in [1.82, 2.24) is 14.8 Å². The molecule has 0 fully saturated rings. The molecular formula is C22H20F4N4O3. The van der Waals surface area contributed by atoms with Gasteiger partial charge in [-0.2, -0.15) is 18.4 Å². The highest BCUT2D eigenvalue weighted by molar-refractivity contribution is 5.63. The number of methoxy groups -OCH3 is 2. The minimum Gasteiger partial charge on any atom is -0.497 e. The first-order chi connectivity index (χ1) is 15.4. The van der Waals surface area contributed by atoms with Gasteiger partial charge in [0.1, 0.15) is 5.75 Å². The Morgan fingerprint density at radius 1 is 1.03 bits per heavy atom. The maximum atomic E-state index is 14.6. The number of rotatable bonds is 6. The molecule has 1 heterocycles. The molecule has 0 atom stereocenters. The zero-order valence-electron chi connectivity index (χ0n) is 18.4. The van der Waals surface area contributed by atoms with E-state index in [9.17, 15) is 17.6 Å². The topological polar surface area (TPSA) is 82.2 Å². The van der Waals surface area contributed by atoms with Gasteiger partial charge >= 0.3 is 6.18 Å². The molecule has 11 heteroatoms. The van der Waals surface area contributed by atoms with E-state index in [1.165, 1.54) is 44.0 Å². The molecule has 7 nitrogen and oxygen atoms in total. The number of nitrogens with zero attached hydrogens (tertiary/aromatic N) is 4. The zero-order chi connectivity index (χ0) is 24.6. The van der Waals surface area contributed by atoms with E-state index < -0.39 is 23.2 Å². The first-order valence-corrected chi connectivity index (χ1v) is 9.55. The largest absolute Gasteiger partial charge is 0.497 e. The van der Waals surface area contributed by atoms with Crippen LogP contribution in [-0.2, 0) is 18.8 Å². The number of hydrogen-bond donors (Lipinski definition) is 0. The predicted molar refractivity (Wildman–Crippen MR) is 109 cm³/mol. The van der Waals surface area contributed by atoms with Gasteiger partial charge in [-0.15, -0.1) is 10.2 Å². The van der Waals surface area contributed by atoms with E-state index in [-0.39, 0.29) is 40.0 Å².